The summed E-state index contributed by atoms with van der Waals surface area (Å²) in [5.74, 6) is 0.906. The van der Waals surface area contributed by atoms with Crippen molar-refractivity contribution in [1.29, 1.82) is 0 Å². The molecule has 2 atom stereocenters. The molecule has 6 nitrogen and oxygen atoms in total. The fourth-order valence-electron chi connectivity index (χ4n) is 3.10. The first-order chi connectivity index (χ1) is 14.5. The van der Waals surface area contributed by atoms with Crippen LogP contribution in [0.5, 0.6) is 5.75 Å². The fraction of sp³-hybridized carbons (Fsp3) is 0.318. The number of ketones is 1. The summed E-state index contributed by atoms with van der Waals surface area (Å²) in [5, 5.41) is 3.72. The van der Waals surface area contributed by atoms with Gasteiger partial charge in [-0.3, -0.25) is 4.79 Å². The number of hydrogen-bond donors (Lipinski definition) is 2. The standard InChI is InChI=1S/C22H25FN4O2S/c1-3-4-18(24)20(21(28)15-7-11-17(29-2)12-8-15)26-22-25-19(27-30-22)13-14-5-9-16(23)10-6-14/h5-12,18,20H,3-4,13,24H2,1-2H3,(H,25,26,27). The Morgan fingerprint density at radius 2 is 1.90 bits per heavy atom. The van der Waals surface area contributed by atoms with Crippen LogP contribution in [-0.4, -0.2) is 34.3 Å². The molecular formula is C22H25FN4O2S. The second-order valence-corrected chi connectivity index (χ2v) is 7.74. The van der Waals surface area contributed by atoms with Gasteiger partial charge in [-0.25, -0.2) is 9.37 Å². The van der Waals surface area contributed by atoms with E-state index in [2.05, 4.69) is 14.7 Å². The normalized spacial score (nSPS) is 12.9. The highest BCUT2D eigenvalue weighted by atomic mass is 32.1. The number of benzene rings is 2. The van der Waals surface area contributed by atoms with E-state index in [9.17, 15) is 9.18 Å². The van der Waals surface area contributed by atoms with Crippen LogP contribution >= 0.6 is 11.5 Å². The van der Waals surface area contributed by atoms with Crippen LogP contribution in [0.15, 0.2) is 48.5 Å². The van der Waals surface area contributed by atoms with Gasteiger partial charge in [0.25, 0.3) is 0 Å². The zero-order valence-electron chi connectivity index (χ0n) is 17.0. The lowest BCUT2D eigenvalue weighted by Gasteiger charge is -2.23. The second-order valence-electron chi connectivity index (χ2n) is 6.99. The number of nitrogens with one attached hydrogen (secondary N) is 1. The molecule has 2 unspecified atom stereocenters. The van der Waals surface area contributed by atoms with Gasteiger partial charge in [-0.15, -0.1) is 0 Å². The van der Waals surface area contributed by atoms with Crippen molar-refractivity contribution < 1.29 is 13.9 Å². The van der Waals surface area contributed by atoms with E-state index < -0.39 is 6.04 Å². The number of aromatic nitrogens is 2. The number of hydrogen-bond acceptors (Lipinski definition) is 7. The van der Waals surface area contributed by atoms with Crippen LogP contribution < -0.4 is 15.8 Å². The minimum atomic E-state index is -0.620. The van der Waals surface area contributed by atoms with Gasteiger partial charge in [0.15, 0.2) is 5.78 Å². The summed E-state index contributed by atoms with van der Waals surface area (Å²) in [7, 11) is 1.58. The highest BCUT2D eigenvalue weighted by Crippen LogP contribution is 2.20. The van der Waals surface area contributed by atoms with Crippen LogP contribution in [-0.2, 0) is 6.42 Å². The van der Waals surface area contributed by atoms with Gasteiger partial charge >= 0.3 is 0 Å². The maximum atomic E-state index is 13.1. The number of Topliss-reactive ketones (excluding diaryl/α,β-unsaturated/α-hetero) is 1. The molecular weight excluding hydrogens is 403 g/mol. The quantitative estimate of drug-likeness (QED) is 0.473. The highest BCUT2D eigenvalue weighted by Gasteiger charge is 2.27. The molecule has 1 heterocycles. The van der Waals surface area contributed by atoms with Crippen molar-refractivity contribution in [3.63, 3.8) is 0 Å². The van der Waals surface area contributed by atoms with Crippen molar-refractivity contribution in [2.24, 2.45) is 5.73 Å². The molecule has 30 heavy (non-hydrogen) atoms. The molecule has 0 amide bonds. The van der Waals surface area contributed by atoms with Crippen LogP contribution in [0.4, 0.5) is 9.52 Å². The van der Waals surface area contributed by atoms with Crippen molar-refractivity contribution in [3.05, 3.63) is 71.3 Å². The van der Waals surface area contributed by atoms with Crippen LogP contribution in [0.2, 0.25) is 0 Å². The summed E-state index contributed by atoms with van der Waals surface area (Å²) in [6.07, 6.45) is 2.04. The SMILES string of the molecule is CCCC(N)C(Nc1nc(Cc2ccc(F)cc2)ns1)C(=O)c1ccc(OC)cc1. The molecule has 0 aliphatic rings. The second kappa shape index (κ2) is 10.3. The zero-order chi connectivity index (χ0) is 21.5. The summed E-state index contributed by atoms with van der Waals surface area (Å²) in [6, 6.07) is 12.2. The highest BCUT2D eigenvalue weighted by molar-refractivity contribution is 7.09. The summed E-state index contributed by atoms with van der Waals surface area (Å²) in [4.78, 5) is 17.6. The molecule has 0 radical (unpaired) electrons. The molecule has 3 aromatic rings. The van der Waals surface area contributed by atoms with E-state index >= 15 is 0 Å². The van der Waals surface area contributed by atoms with Crippen LogP contribution in [0.1, 0.15) is 41.5 Å². The number of halogens is 1. The van der Waals surface area contributed by atoms with Gasteiger partial charge in [-0.05, 0) is 48.4 Å². The van der Waals surface area contributed by atoms with E-state index in [4.69, 9.17) is 10.5 Å². The van der Waals surface area contributed by atoms with Gasteiger partial charge in [0, 0.05) is 29.6 Å². The summed E-state index contributed by atoms with van der Waals surface area (Å²) in [6.45, 7) is 2.03. The predicted molar refractivity (Wildman–Crippen MR) is 117 cm³/mol. The third kappa shape index (κ3) is 5.61. The largest absolute Gasteiger partial charge is 0.497 e. The zero-order valence-corrected chi connectivity index (χ0v) is 17.8. The third-order valence-corrected chi connectivity index (χ3v) is 5.41. The van der Waals surface area contributed by atoms with Crippen molar-refractivity contribution in [3.8, 4) is 5.75 Å². The molecule has 0 fully saturated rings. The fourth-order valence-corrected chi connectivity index (χ4v) is 3.73. The number of rotatable bonds is 10. The average molecular weight is 429 g/mol. The first-order valence-electron chi connectivity index (χ1n) is 9.77. The number of carbonyl (C=O) groups is 1. The van der Waals surface area contributed by atoms with Crippen LogP contribution in [0, 0.1) is 5.82 Å². The molecule has 1 aromatic heterocycles. The Labute approximate surface area is 179 Å². The van der Waals surface area contributed by atoms with Gasteiger partial charge in [-0.1, -0.05) is 25.5 Å². The summed E-state index contributed by atoms with van der Waals surface area (Å²) < 4.78 is 22.6. The Kier molecular flexibility index (Phi) is 7.48. The predicted octanol–water partition coefficient (Wildman–Crippen LogP) is 4.07. The number of nitrogens with two attached hydrogens (primary N) is 1. The van der Waals surface area contributed by atoms with E-state index in [1.807, 2.05) is 6.92 Å². The molecule has 0 aliphatic heterocycles. The van der Waals surface area contributed by atoms with E-state index in [0.29, 0.717) is 35.1 Å². The third-order valence-electron chi connectivity index (χ3n) is 4.73. The first kappa shape index (κ1) is 21.9. The Morgan fingerprint density at radius 1 is 1.20 bits per heavy atom. The summed E-state index contributed by atoms with van der Waals surface area (Å²) in [5.41, 5.74) is 7.79. The monoisotopic (exact) mass is 428 g/mol. The number of anilines is 1. The summed E-state index contributed by atoms with van der Waals surface area (Å²) >= 11 is 1.18. The molecule has 0 saturated heterocycles. The Bertz CT molecular complexity index is 960. The maximum absolute atomic E-state index is 13.1. The lowest BCUT2D eigenvalue weighted by atomic mass is 9.95. The van der Waals surface area contributed by atoms with Gasteiger partial charge in [0.1, 0.15) is 23.4 Å². The Morgan fingerprint density at radius 3 is 2.53 bits per heavy atom. The number of carbonyl (C=O) groups excluding carboxylic acids is 1. The number of ether oxygens (including phenoxy) is 1. The maximum Gasteiger partial charge on any atom is 0.203 e. The topological polar surface area (TPSA) is 90.1 Å². The molecule has 158 valence electrons. The molecule has 0 aliphatic carbocycles. The van der Waals surface area contributed by atoms with Gasteiger partial charge in [0.2, 0.25) is 5.13 Å². The number of nitrogens with zero attached hydrogens (tertiary/aromatic N) is 2. The molecule has 2 aromatic carbocycles. The Hall–Kier alpha value is -2.84. The van der Waals surface area contributed by atoms with Crippen LogP contribution in [0.25, 0.3) is 0 Å². The van der Waals surface area contributed by atoms with Crippen molar-refractivity contribution in [1.82, 2.24) is 9.36 Å². The van der Waals surface area contributed by atoms with Crippen molar-refractivity contribution in [2.45, 2.75) is 38.3 Å². The molecule has 8 heteroatoms. The van der Waals surface area contributed by atoms with E-state index in [1.54, 1.807) is 43.5 Å². The first-order valence-corrected chi connectivity index (χ1v) is 10.5. The lowest BCUT2D eigenvalue weighted by molar-refractivity contribution is 0.0957. The molecule has 0 saturated carbocycles. The van der Waals surface area contributed by atoms with E-state index in [1.165, 1.54) is 23.7 Å². The van der Waals surface area contributed by atoms with Crippen LogP contribution in [0.3, 0.4) is 0 Å². The molecule has 3 N–H and O–H groups in total. The average Bonchev–Trinajstić information content (AvgIpc) is 3.20. The minimum absolute atomic E-state index is 0.103. The lowest BCUT2D eigenvalue weighted by Crippen LogP contribution is -2.46. The van der Waals surface area contributed by atoms with Crippen molar-refractivity contribution >= 4 is 22.4 Å². The smallest absolute Gasteiger partial charge is 0.203 e. The van der Waals surface area contributed by atoms with Gasteiger partial charge in [-0.2, -0.15) is 4.37 Å². The van der Waals surface area contributed by atoms with Crippen molar-refractivity contribution in [2.75, 3.05) is 12.4 Å². The van der Waals surface area contributed by atoms with E-state index in [0.717, 1.165) is 12.0 Å². The molecule has 0 spiro atoms. The Balaban J connectivity index is 1.75. The minimum Gasteiger partial charge on any atom is -0.497 e. The van der Waals surface area contributed by atoms with Gasteiger partial charge < -0.3 is 15.8 Å². The van der Waals surface area contributed by atoms with Gasteiger partial charge in [0.05, 0.1) is 7.11 Å². The molecule has 0 bridgehead atoms. The number of methoxy groups -OCH3 is 1. The van der Waals surface area contributed by atoms with E-state index in [-0.39, 0.29) is 17.6 Å². The molecule has 3 rings (SSSR count).